The van der Waals surface area contributed by atoms with Gasteiger partial charge >= 0.3 is 5.97 Å². The minimum absolute atomic E-state index is 0.0516. The van der Waals surface area contributed by atoms with Crippen LogP contribution in [0.15, 0.2) is 48.5 Å². The second-order valence-corrected chi connectivity index (χ2v) is 5.51. The molecule has 0 saturated carbocycles. The fourth-order valence-corrected chi connectivity index (χ4v) is 2.42. The second kappa shape index (κ2) is 8.26. The monoisotopic (exact) mass is 327 g/mol. The van der Waals surface area contributed by atoms with Gasteiger partial charge in [-0.1, -0.05) is 30.3 Å². The molecule has 0 aromatic heterocycles. The molecule has 2 aromatic rings. The standard InChI is InChI=1S/C19H21NO4/c1-13(24-2)15-7-5-8-16(12-15)20-18(21)11-10-14-6-3-4-9-17(14)19(22)23/h3-9,12-13H,10-11H2,1-2H3,(H,20,21)(H,22,23). The van der Waals surface area contributed by atoms with E-state index >= 15 is 0 Å². The van der Waals surface area contributed by atoms with Crippen LogP contribution in [0.3, 0.4) is 0 Å². The van der Waals surface area contributed by atoms with Gasteiger partial charge in [0, 0.05) is 19.2 Å². The first-order valence-electron chi connectivity index (χ1n) is 7.75. The van der Waals surface area contributed by atoms with Crippen LogP contribution in [0.1, 0.15) is 40.9 Å². The molecule has 2 rings (SSSR count). The first kappa shape index (κ1) is 17.7. The van der Waals surface area contributed by atoms with E-state index in [0.717, 1.165) is 5.56 Å². The normalized spacial score (nSPS) is 11.8. The fourth-order valence-electron chi connectivity index (χ4n) is 2.42. The van der Waals surface area contributed by atoms with E-state index in [1.54, 1.807) is 31.4 Å². The predicted molar refractivity (Wildman–Crippen MR) is 92.2 cm³/mol. The Morgan fingerprint density at radius 2 is 1.92 bits per heavy atom. The molecule has 0 fully saturated rings. The number of hydrogen-bond acceptors (Lipinski definition) is 3. The molecular formula is C19H21NO4. The number of carbonyl (C=O) groups is 2. The molecule has 0 aliphatic heterocycles. The number of methoxy groups -OCH3 is 1. The number of carboxylic acids is 1. The lowest BCUT2D eigenvalue weighted by atomic mass is 10.0. The highest BCUT2D eigenvalue weighted by atomic mass is 16.5. The summed E-state index contributed by atoms with van der Waals surface area (Å²) < 4.78 is 5.27. The number of aromatic carboxylic acids is 1. The van der Waals surface area contributed by atoms with E-state index in [2.05, 4.69) is 5.32 Å². The van der Waals surface area contributed by atoms with Gasteiger partial charge in [0.1, 0.15) is 0 Å². The Balaban J connectivity index is 1.98. The van der Waals surface area contributed by atoms with Crippen molar-refractivity contribution in [1.82, 2.24) is 0 Å². The van der Waals surface area contributed by atoms with E-state index in [4.69, 9.17) is 9.84 Å². The predicted octanol–water partition coefficient (Wildman–Crippen LogP) is 3.66. The Kier molecular flexibility index (Phi) is 6.09. The van der Waals surface area contributed by atoms with Gasteiger partial charge < -0.3 is 15.2 Å². The summed E-state index contributed by atoms with van der Waals surface area (Å²) in [6, 6.07) is 14.2. The van der Waals surface area contributed by atoms with Crippen molar-refractivity contribution in [2.45, 2.75) is 25.9 Å². The number of benzene rings is 2. The first-order chi connectivity index (χ1) is 11.5. The summed E-state index contributed by atoms with van der Waals surface area (Å²) >= 11 is 0. The maximum Gasteiger partial charge on any atom is 0.335 e. The number of rotatable bonds is 7. The highest BCUT2D eigenvalue weighted by Gasteiger charge is 2.11. The molecule has 2 aromatic carbocycles. The zero-order chi connectivity index (χ0) is 17.5. The largest absolute Gasteiger partial charge is 0.478 e. The highest BCUT2D eigenvalue weighted by molar-refractivity contribution is 5.92. The van der Waals surface area contributed by atoms with Crippen LogP contribution in [-0.2, 0) is 16.0 Å². The summed E-state index contributed by atoms with van der Waals surface area (Å²) in [4.78, 5) is 23.3. The lowest BCUT2D eigenvalue weighted by Crippen LogP contribution is -2.13. The molecule has 1 amide bonds. The van der Waals surface area contributed by atoms with Crippen LogP contribution in [0.25, 0.3) is 0 Å². The molecule has 0 aliphatic rings. The van der Waals surface area contributed by atoms with Crippen molar-refractivity contribution in [3.05, 3.63) is 65.2 Å². The molecule has 0 aliphatic carbocycles. The third kappa shape index (κ3) is 4.67. The fraction of sp³-hybridized carbons (Fsp3) is 0.263. The van der Waals surface area contributed by atoms with Crippen molar-refractivity contribution < 1.29 is 19.4 Å². The first-order valence-corrected chi connectivity index (χ1v) is 7.75. The maximum atomic E-state index is 12.1. The van der Waals surface area contributed by atoms with Gasteiger partial charge in [0.15, 0.2) is 0 Å². The number of amides is 1. The molecule has 0 heterocycles. The average molecular weight is 327 g/mol. The quantitative estimate of drug-likeness (QED) is 0.813. The van der Waals surface area contributed by atoms with Gasteiger partial charge in [-0.15, -0.1) is 0 Å². The van der Waals surface area contributed by atoms with Crippen molar-refractivity contribution in [2.75, 3.05) is 12.4 Å². The Morgan fingerprint density at radius 3 is 2.62 bits per heavy atom. The Labute approximate surface area is 141 Å². The summed E-state index contributed by atoms with van der Waals surface area (Å²) in [5, 5.41) is 12.0. The lowest BCUT2D eigenvalue weighted by molar-refractivity contribution is -0.116. The maximum absolute atomic E-state index is 12.1. The van der Waals surface area contributed by atoms with Crippen molar-refractivity contribution in [2.24, 2.45) is 0 Å². The SMILES string of the molecule is COC(C)c1cccc(NC(=O)CCc2ccccc2C(=O)O)c1. The number of aryl methyl sites for hydroxylation is 1. The molecule has 0 bridgehead atoms. The van der Waals surface area contributed by atoms with Crippen LogP contribution in [0, 0.1) is 0 Å². The Morgan fingerprint density at radius 1 is 1.17 bits per heavy atom. The number of ether oxygens (including phenoxy) is 1. The number of carboxylic acid groups (broad SMARTS) is 1. The summed E-state index contributed by atoms with van der Waals surface area (Å²) in [5.41, 5.74) is 2.57. The van der Waals surface area contributed by atoms with Crippen molar-refractivity contribution in [3.63, 3.8) is 0 Å². The van der Waals surface area contributed by atoms with E-state index in [9.17, 15) is 9.59 Å². The van der Waals surface area contributed by atoms with Gasteiger partial charge in [-0.25, -0.2) is 4.79 Å². The smallest absolute Gasteiger partial charge is 0.335 e. The molecule has 0 radical (unpaired) electrons. The molecule has 24 heavy (non-hydrogen) atoms. The molecule has 1 atom stereocenters. The van der Waals surface area contributed by atoms with E-state index in [1.165, 1.54) is 0 Å². The van der Waals surface area contributed by atoms with Crippen molar-refractivity contribution in [3.8, 4) is 0 Å². The van der Waals surface area contributed by atoms with Crippen LogP contribution in [0.2, 0.25) is 0 Å². The molecule has 2 N–H and O–H groups in total. The topological polar surface area (TPSA) is 75.6 Å². The lowest BCUT2D eigenvalue weighted by Gasteiger charge is -2.12. The van der Waals surface area contributed by atoms with Gasteiger partial charge in [-0.2, -0.15) is 0 Å². The highest BCUT2D eigenvalue weighted by Crippen LogP contribution is 2.20. The minimum Gasteiger partial charge on any atom is -0.478 e. The minimum atomic E-state index is -0.979. The zero-order valence-corrected chi connectivity index (χ0v) is 13.8. The van der Waals surface area contributed by atoms with Crippen LogP contribution in [0.5, 0.6) is 0 Å². The number of nitrogens with one attached hydrogen (secondary N) is 1. The van der Waals surface area contributed by atoms with Gasteiger partial charge in [0.25, 0.3) is 0 Å². The molecule has 0 spiro atoms. The summed E-state index contributed by atoms with van der Waals surface area (Å²) in [6.45, 7) is 1.93. The number of carbonyl (C=O) groups excluding carboxylic acids is 1. The van der Waals surface area contributed by atoms with Gasteiger partial charge in [-0.3, -0.25) is 4.79 Å². The van der Waals surface area contributed by atoms with Crippen LogP contribution < -0.4 is 5.32 Å². The molecule has 0 saturated heterocycles. The van der Waals surface area contributed by atoms with Crippen molar-refractivity contribution in [1.29, 1.82) is 0 Å². The van der Waals surface area contributed by atoms with Gasteiger partial charge in [0.2, 0.25) is 5.91 Å². The Hall–Kier alpha value is -2.66. The molecule has 1 unspecified atom stereocenters. The van der Waals surface area contributed by atoms with Gasteiger partial charge in [-0.05, 0) is 42.7 Å². The van der Waals surface area contributed by atoms with Crippen LogP contribution in [0.4, 0.5) is 5.69 Å². The average Bonchev–Trinajstić information content (AvgIpc) is 2.59. The summed E-state index contributed by atoms with van der Waals surface area (Å²) in [6.07, 6.45) is 0.542. The van der Waals surface area contributed by atoms with E-state index in [-0.39, 0.29) is 24.0 Å². The van der Waals surface area contributed by atoms with Gasteiger partial charge in [0.05, 0.1) is 11.7 Å². The number of anilines is 1. The molecule has 5 heteroatoms. The van der Waals surface area contributed by atoms with Crippen LogP contribution >= 0.6 is 0 Å². The molecule has 126 valence electrons. The van der Waals surface area contributed by atoms with E-state index in [0.29, 0.717) is 17.7 Å². The third-order valence-electron chi connectivity index (χ3n) is 3.86. The molecule has 5 nitrogen and oxygen atoms in total. The van der Waals surface area contributed by atoms with Crippen LogP contribution in [-0.4, -0.2) is 24.1 Å². The summed E-state index contributed by atoms with van der Waals surface area (Å²) in [5.74, 6) is -1.13. The van der Waals surface area contributed by atoms with Crippen molar-refractivity contribution >= 4 is 17.6 Å². The second-order valence-electron chi connectivity index (χ2n) is 5.51. The molecular weight excluding hydrogens is 306 g/mol. The third-order valence-corrected chi connectivity index (χ3v) is 3.86. The zero-order valence-electron chi connectivity index (χ0n) is 13.8. The summed E-state index contributed by atoms with van der Waals surface area (Å²) in [7, 11) is 1.63. The van der Waals surface area contributed by atoms with E-state index in [1.807, 2.05) is 31.2 Å². The van der Waals surface area contributed by atoms with E-state index < -0.39 is 5.97 Å². The Bertz CT molecular complexity index is 727. The number of hydrogen-bond donors (Lipinski definition) is 2.